The van der Waals surface area contributed by atoms with Gasteiger partial charge in [0.25, 0.3) is 11.8 Å². The molecule has 6 rings (SSSR count). The minimum absolute atomic E-state index is 0.0239. The number of carbonyl (C=O) groups is 2. The van der Waals surface area contributed by atoms with Crippen LogP contribution in [0.15, 0.2) is 105 Å². The molecule has 0 radical (unpaired) electrons. The number of azo groups is 2. The van der Waals surface area contributed by atoms with Gasteiger partial charge in [-0.2, -0.15) is 13.2 Å². The molecule has 0 bridgehead atoms. The van der Waals surface area contributed by atoms with E-state index < -0.39 is 23.6 Å². The summed E-state index contributed by atoms with van der Waals surface area (Å²) in [6.07, 6.45) is -4.48. The number of aromatic hydroxyl groups is 2. The molecule has 10 nitrogen and oxygen atoms in total. The van der Waals surface area contributed by atoms with Crippen LogP contribution >= 0.6 is 45.2 Å². The van der Waals surface area contributed by atoms with Crippen LogP contribution in [-0.2, 0) is 11.6 Å². The lowest BCUT2D eigenvalue weighted by Gasteiger charge is -2.18. The number of nitrogens with one attached hydrogen (secondary N) is 2. The molecule has 0 aliphatic rings. The molecule has 256 valence electrons. The third kappa shape index (κ3) is 8.55. The summed E-state index contributed by atoms with van der Waals surface area (Å²) in [5.74, 6) is -1.61. The van der Waals surface area contributed by atoms with Crippen molar-refractivity contribution in [2.24, 2.45) is 20.5 Å². The summed E-state index contributed by atoms with van der Waals surface area (Å²) in [5, 5.41) is 36.2. The van der Waals surface area contributed by atoms with Gasteiger partial charge in [-0.1, -0.05) is 32.9 Å². The number of amides is 2. The van der Waals surface area contributed by atoms with Crippen LogP contribution in [0.25, 0.3) is 21.8 Å². The second kappa shape index (κ2) is 14.7. The minimum atomic E-state index is -4.48. The molecule has 4 N–H and O–H groups in total. The quantitative estimate of drug-likeness (QED) is 0.103. The molecule has 6 aromatic rings. The van der Waals surface area contributed by atoms with Crippen molar-refractivity contribution < 1.29 is 33.0 Å². The van der Waals surface area contributed by atoms with Crippen molar-refractivity contribution in [2.75, 3.05) is 0 Å². The Kier molecular flexibility index (Phi) is 10.8. The maximum atomic E-state index is 12.5. The van der Waals surface area contributed by atoms with Crippen molar-refractivity contribution >= 4 is 90.2 Å². The first-order chi connectivity index (χ1) is 23.5. The predicted molar refractivity (Wildman–Crippen MR) is 200 cm³/mol. The van der Waals surface area contributed by atoms with Crippen LogP contribution in [0.5, 0.6) is 11.8 Å². The Morgan fingerprint density at radius 3 is 1.36 bits per heavy atom. The molecule has 0 unspecified atom stereocenters. The van der Waals surface area contributed by atoms with E-state index in [1.165, 1.54) is 0 Å². The normalized spacial score (nSPS) is 12.2. The predicted octanol–water partition coefficient (Wildman–Crippen LogP) is 11.1. The van der Waals surface area contributed by atoms with Crippen molar-refractivity contribution in [1.29, 1.82) is 0 Å². The fourth-order valence-corrected chi connectivity index (χ4v) is 5.68. The van der Waals surface area contributed by atoms with Crippen LogP contribution in [0.4, 0.5) is 24.5 Å². The van der Waals surface area contributed by atoms with Gasteiger partial charge in [0.05, 0.1) is 16.6 Å². The summed E-state index contributed by atoms with van der Waals surface area (Å²) in [5.41, 5.74) is 2.46. The number of alkyl halides is 3. The zero-order valence-electron chi connectivity index (χ0n) is 26.5. The van der Waals surface area contributed by atoms with Gasteiger partial charge in [0, 0.05) is 29.0 Å². The molecule has 0 spiro atoms. The van der Waals surface area contributed by atoms with Crippen LogP contribution < -0.4 is 0 Å². The molecule has 4 aromatic carbocycles. The van der Waals surface area contributed by atoms with Gasteiger partial charge in [0.2, 0.25) is 11.8 Å². The molecule has 0 atom stereocenters. The number of halogens is 5. The Morgan fingerprint density at radius 2 is 1.00 bits per heavy atom. The number of aromatic nitrogens is 2. The van der Waals surface area contributed by atoms with Gasteiger partial charge in [0.15, 0.2) is 11.4 Å². The second-order valence-electron chi connectivity index (χ2n) is 11.9. The SMILES string of the molecule is CC(C)(C)c1ccc(C(=O)N=Nc2c(O)[nH]c3ccc(I)cc23)cc1.O=C(N=Nc1c(O)[nH]c2ccc(I)cc12)c1ccc(C(F)(F)F)cc1. The Morgan fingerprint density at radius 1 is 0.620 bits per heavy atom. The van der Waals surface area contributed by atoms with Crippen LogP contribution in [0.2, 0.25) is 0 Å². The average molecular weight is 906 g/mol. The zero-order valence-corrected chi connectivity index (χ0v) is 30.8. The van der Waals surface area contributed by atoms with E-state index in [1.807, 2.05) is 36.4 Å². The Balaban J connectivity index is 0.000000194. The Hall–Kier alpha value is -4.65. The number of hydrogen-bond donors (Lipinski definition) is 4. The third-order valence-electron chi connectivity index (χ3n) is 7.37. The summed E-state index contributed by atoms with van der Waals surface area (Å²) in [6.45, 7) is 6.35. The summed E-state index contributed by atoms with van der Waals surface area (Å²) in [6, 6.07) is 22.0. The highest BCUT2D eigenvalue weighted by atomic mass is 127. The molecule has 2 amide bonds. The van der Waals surface area contributed by atoms with E-state index in [1.54, 1.807) is 24.3 Å². The molecule has 2 heterocycles. The largest absolute Gasteiger partial charge is 0.493 e. The monoisotopic (exact) mass is 906 g/mol. The van der Waals surface area contributed by atoms with E-state index in [-0.39, 0.29) is 34.1 Å². The van der Waals surface area contributed by atoms with Gasteiger partial charge in [-0.05, 0) is 129 Å². The summed E-state index contributed by atoms with van der Waals surface area (Å²) < 4.78 is 39.5. The molecule has 0 saturated carbocycles. The van der Waals surface area contributed by atoms with Gasteiger partial charge in [-0.15, -0.1) is 20.5 Å². The van der Waals surface area contributed by atoms with Gasteiger partial charge >= 0.3 is 6.18 Å². The van der Waals surface area contributed by atoms with Gasteiger partial charge in [-0.3, -0.25) is 9.59 Å². The molecule has 0 fully saturated rings. The maximum Gasteiger partial charge on any atom is 0.416 e. The summed E-state index contributed by atoms with van der Waals surface area (Å²) in [4.78, 5) is 29.8. The minimum Gasteiger partial charge on any atom is -0.493 e. The number of benzene rings is 4. The van der Waals surface area contributed by atoms with E-state index in [9.17, 15) is 33.0 Å². The fourth-order valence-electron chi connectivity index (χ4n) is 4.69. The number of fused-ring (bicyclic) bond motifs is 2. The lowest BCUT2D eigenvalue weighted by atomic mass is 9.87. The second-order valence-corrected chi connectivity index (χ2v) is 14.4. The Labute approximate surface area is 310 Å². The van der Waals surface area contributed by atoms with Crippen LogP contribution in [0.3, 0.4) is 0 Å². The van der Waals surface area contributed by atoms with Crippen molar-refractivity contribution in [3.05, 3.63) is 114 Å². The summed E-state index contributed by atoms with van der Waals surface area (Å²) in [7, 11) is 0. The number of nitrogens with zero attached hydrogens (tertiary/aromatic N) is 4. The smallest absolute Gasteiger partial charge is 0.416 e. The molecule has 0 aliphatic carbocycles. The highest BCUT2D eigenvalue weighted by molar-refractivity contribution is 14.1. The summed E-state index contributed by atoms with van der Waals surface area (Å²) >= 11 is 4.27. The van der Waals surface area contributed by atoms with E-state index in [4.69, 9.17) is 0 Å². The lowest BCUT2D eigenvalue weighted by Crippen LogP contribution is -2.11. The molecule has 0 saturated heterocycles. The van der Waals surface area contributed by atoms with Gasteiger partial charge in [0.1, 0.15) is 0 Å². The Bertz CT molecular complexity index is 2110. The molecule has 50 heavy (non-hydrogen) atoms. The van der Waals surface area contributed by atoms with Crippen LogP contribution in [0, 0.1) is 7.14 Å². The van der Waals surface area contributed by atoms with Crippen LogP contribution in [-0.4, -0.2) is 32.0 Å². The third-order valence-corrected chi connectivity index (χ3v) is 8.71. The number of hydrogen-bond acceptors (Lipinski definition) is 6. The number of rotatable bonds is 4. The fraction of sp³-hybridized carbons (Fsp3) is 0.143. The van der Waals surface area contributed by atoms with Gasteiger partial charge < -0.3 is 20.2 Å². The molecule has 0 aliphatic heterocycles. The molecule has 2 aromatic heterocycles. The highest BCUT2D eigenvalue weighted by Crippen LogP contribution is 2.37. The van der Waals surface area contributed by atoms with E-state index in [0.717, 1.165) is 47.9 Å². The van der Waals surface area contributed by atoms with E-state index in [2.05, 4.69) is 96.4 Å². The number of aromatic amines is 2. The van der Waals surface area contributed by atoms with Crippen molar-refractivity contribution in [2.45, 2.75) is 32.4 Å². The van der Waals surface area contributed by atoms with E-state index in [0.29, 0.717) is 16.5 Å². The molecule has 15 heteroatoms. The number of H-pyrrole nitrogens is 2. The lowest BCUT2D eigenvalue weighted by molar-refractivity contribution is -0.137. The number of carbonyl (C=O) groups excluding carboxylic acids is 2. The van der Waals surface area contributed by atoms with Gasteiger partial charge in [-0.25, -0.2) is 0 Å². The first-order valence-corrected chi connectivity index (χ1v) is 16.9. The van der Waals surface area contributed by atoms with Crippen LogP contribution in [0.1, 0.15) is 52.6 Å². The average Bonchev–Trinajstić information content (AvgIpc) is 3.55. The molecular formula is C35H27F3I2N6O4. The zero-order chi connectivity index (χ0) is 36.4. The van der Waals surface area contributed by atoms with Crippen molar-refractivity contribution in [1.82, 2.24) is 9.97 Å². The first kappa shape index (κ1) is 36.6. The topological polar surface area (TPSA) is 156 Å². The molecular weight excluding hydrogens is 879 g/mol. The first-order valence-electron chi connectivity index (χ1n) is 14.7. The standard InChI is InChI=1S/C19H18IN3O2.C16H9F3IN3O2/c1-19(2,3)12-6-4-11(5-7-12)17(24)23-22-16-14-10-13(20)8-9-15(14)21-18(16)25;17-16(18,19)9-3-1-8(2-4-9)14(24)23-22-13-11-7-10(20)5-6-12(11)21-15(13)25/h4-10,21,25H,1-3H3;1-7,21,25H. The van der Waals surface area contributed by atoms with Crippen molar-refractivity contribution in [3.8, 4) is 11.8 Å². The highest BCUT2D eigenvalue weighted by Gasteiger charge is 2.30. The maximum absolute atomic E-state index is 12.5. The van der Waals surface area contributed by atoms with Crippen molar-refractivity contribution in [3.63, 3.8) is 0 Å². The van der Waals surface area contributed by atoms with E-state index >= 15 is 0 Å².